The van der Waals surface area contributed by atoms with Gasteiger partial charge >= 0.3 is 0 Å². The van der Waals surface area contributed by atoms with Crippen molar-refractivity contribution in [2.24, 2.45) is 0 Å². The number of nitrogens with zero attached hydrogens (tertiary/aromatic N) is 1. The molecule has 1 aliphatic heterocycles. The summed E-state index contributed by atoms with van der Waals surface area (Å²) in [6, 6.07) is 8.00. The van der Waals surface area contributed by atoms with Crippen molar-refractivity contribution in [3.8, 4) is 5.75 Å². The summed E-state index contributed by atoms with van der Waals surface area (Å²) in [5.41, 5.74) is 3.81. The Kier molecular flexibility index (Phi) is 6.34. The van der Waals surface area contributed by atoms with Crippen LogP contribution in [-0.2, 0) is 6.42 Å². The molecular formula is C17H24BrNO. The Morgan fingerprint density at radius 3 is 2.50 bits per heavy atom. The minimum absolute atomic E-state index is 0.395. The SMILES string of the molecule is CBr.CC.Cc1cccc2c(O)cc3c(c12)CCN3C. The smallest absolute Gasteiger partial charge is 0.125 e. The van der Waals surface area contributed by atoms with Crippen LogP contribution in [0.2, 0.25) is 0 Å². The van der Waals surface area contributed by atoms with Gasteiger partial charge in [0, 0.05) is 30.7 Å². The third-order valence-corrected chi connectivity index (χ3v) is 3.54. The maximum Gasteiger partial charge on any atom is 0.125 e. The molecular weight excluding hydrogens is 314 g/mol. The molecule has 0 amide bonds. The lowest BCUT2D eigenvalue weighted by Gasteiger charge is -2.14. The van der Waals surface area contributed by atoms with Crippen molar-refractivity contribution in [1.29, 1.82) is 0 Å². The largest absolute Gasteiger partial charge is 0.507 e. The lowest BCUT2D eigenvalue weighted by atomic mass is 9.97. The average molecular weight is 338 g/mol. The molecule has 2 aromatic rings. The summed E-state index contributed by atoms with van der Waals surface area (Å²) in [6.45, 7) is 7.16. The van der Waals surface area contributed by atoms with E-state index in [0.717, 1.165) is 18.4 Å². The van der Waals surface area contributed by atoms with E-state index < -0.39 is 0 Å². The van der Waals surface area contributed by atoms with Crippen molar-refractivity contribution in [3.05, 3.63) is 35.4 Å². The minimum atomic E-state index is 0.395. The van der Waals surface area contributed by atoms with Gasteiger partial charge in [0.1, 0.15) is 5.75 Å². The van der Waals surface area contributed by atoms with Gasteiger partial charge in [-0.2, -0.15) is 0 Å². The molecule has 0 radical (unpaired) electrons. The van der Waals surface area contributed by atoms with Crippen LogP contribution in [0.25, 0.3) is 10.8 Å². The van der Waals surface area contributed by atoms with Crippen LogP contribution in [-0.4, -0.2) is 24.5 Å². The van der Waals surface area contributed by atoms with Crippen LogP contribution in [0.1, 0.15) is 25.0 Å². The van der Waals surface area contributed by atoms with Crippen molar-refractivity contribution in [2.45, 2.75) is 27.2 Å². The maximum absolute atomic E-state index is 10.1. The van der Waals surface area contributed by atoms with Crippen molar-refractivity contribution < 1.29 is 5.11 Å². The first-order chi connectivity index (χ1) is 9.68. The molecule has 1 heterocycles. The lowest BCUT2D eigenvalue weighted by Crippen LogP contribution is -2.12. The summed E-state index contributed by atoms with van der Waals surface area (Å²) in [5.74, 6) is 2.21. The molecule has 110 valence electrons. The van der Waals surface area contributed by atoms with E-state index in [-0.39, 0.29) is 0 Å². The van der Waals surface area contributed by atoms with Crippen LogP contribution >= 0.6 is 15.9 Å². The molecule has 20 heavy (non-hydrogen) atoms. The number of rotatable bonds is 0. The van der Waals surface area contributed by atoms with Crippen LogP contribution in [0, 0.1) is 6.92 Å². The second-order valence-electron chi connectivity index (χ2n) is 4.56. The van der Waals surface area contributed by atoms with Gasteiger partial charge < -0.3 is 10.0 Å². The monoisotopic (exact) mass is 337 g/mol. The zero-order chi connectivity index (χ0) is 15.3. The molecule has 0 aromatic heterocycles. The average Bonchev–Trinajstić information content (AvgIpc) is 2.85. The maximum atomic E-state index is 10.1. The number of benzene rings is 2. The summed E-state index contributed by atoms with van der Waals surface area (Å²) in [4.78, 5) is 2.21. The van der Waals surface area contributed by atoms with Crippen LogP contribution in [0.15, 0.2) is 24.3 Å². The lowest BCUT2D eigenvalue weighted by molar-refractivity contribution is 0.481. The number of phenols is 1. The third kappa shape index (κ3) is 2.93. The highest BCUT2D eigenvalue weighted by molar-refractivity contribution is 9.08. The molecule has 2 nitrogen and oxygen atoms in total. The molecule has 0 aliphatic carbocycles. The molecule has 3 rings (SSSR count). The molecule has 0 fully saturated rings. The van der Waals surface area contributed by atoms with E-state index >= 15 is 0 Å². The predicted octanol–water partition coefficient (Wildman–Crippen LogP) is 4.88. The Labute approximate surface area is 130 Å². The highest BCUT2D eigenvalue weighted by Gasteiger charge is 2.20. The molecule has 0 spiro atoms. The van der Waals surface area contributed by atoms with Crippen LogP contribution in [0.5, 0.6) is 5.75 Å². The number of likely N-dealkylation sites (N-methyl/N-ethyl adjacent to an activating group) is 1. The third-order valence-electron chi connectivity index (χ3n) is 3.54. The normalized spacial score (nSPS) is 12.2. The molecule has 0 atom stereocenters. The standard InChI is InChI=1S/C14H15NO.C2H6.CH3Br/c1-9-4-3-5-11-13(16)8-12-10(14(9)11)6-7-15(12)2;2*1-2/h3-5,8,16H,6-7H2,1-2H3;1-2H3;1H3. The van der Waals surface area contributed by atoms with Gasteiger partial charge in [-0.1, -0.05) is 48.0 Å². The first kappa shape index (κ1) is 16.8. The van der Waals surface area contributed by atoms with E-state index in [0.29, 0.717) is 5.75 Å². The molecule has 0 unspecified atom stereocenters. The fourth-order valence-electron chi connectivity index (χ4n) is 2.70. The molecule has 1 aliphatic rings. The fraction of sp³-hybridized carbons (Fsp3) is 0.412. The van der Waals surface area contributed by atoms with Crippen LogP contribution in [0.3, 0.4) is 0 Å². The first-order valence-electron chi connectivity index (χ1n) is 7.01. The molecule has 0 bridgehead atoms. The number of aromatic hydroxyl groups is 1. The van der Waals surface area contributed by atoms with Gasteiger partial charge in [-0.25, -0.2) is 0 Å². The summed E-state index contributed by atoms with van der Waals surface area (Å²) in [6.07, 6.45) is 1.08. The number of alkyl halides is 1. The van der Waals surface area contributed by atoms with E-state index in [1.165, 1.54) is 22.2 Å². The number of hydrogen-bond acceptors (Lipinski definition) is 2. The second-order valence-corrected chi connectivity index (χ2v) is 4.56. The fourth-order valence-corrected chi connectivity index (χ4v) is 2.70. The van der Waals surface area contributed by atoms with Gasteiger partial charge in [0.25, 0.3) is 0 Å². The van der Waals surface area contributed by atoms with Crippen LogP contribution < -0.4 is 4.90 Å². The van der Waals surface area contributed by atoms with Crippen molar-refractivity contribution >= 4 is 32.4 Å². The number of phenolic OH excluding ortho intramolecular Hbond substituents is 1. The number of halogens is 1. The number of fused-ring (bicyclic) bond motifs is 3. The molecule has 0 saturated heterocycles. The Morgan fingerprint density at radius 1 is 1.20 bits per heavy atom. The molecule has 2 aromatic carbocycles. The van der Waals surface area contributed by atoms with Gasteiger partial charge in [0.15, 0.2) is 0 Å². The van der Waals surface area contributed by atoms with E-state index in [9.17, 15) is 5.11 Å². The van der Waals surface area contributed by atoms with Gasteiger partial charge in [-0.3, -0.25) is 0 Å². The highest BCUT2D eigenvalue weighted by atomic mass is 79.9. The summed E-state index contributed by atoms with van der Waals surface area (Å²) < 4.78 is 0. The van der Waals surface area contributed by atoms with E-state index in [2.05, 4.69) is 40.9 Å². The predicted molar refractivity (Wildman–Crippen MR) is 93.5 cm³/mol. The van der Waals surface area contributed by atoms with Crippen molar-refractivity contribution in [2.75, 3.05) is 24.3 Å². The number of anilines is 1. The summed E-state index contributed by atoms with van der Waals surface area (Å²) in [5, 5.41) is 12.3. The highest BCUT2D eigenvalue weighted by Crippen LogP contribution is 2.39. The Morgan fingerprint density at radius 2 is 1.85 bits per heavy atom. The van der Waals surface area contributed by atoms with E-state index in [1.807, 2.05) is 37.9 Å². The zero-order valence-electron chi connectivity index (χ0n) is 13.0. The Balaban J connectivity index is 0.000000461. The molecule has 3 heteroatoms. The van der Waals surface area contributed by atoms with E-state index in [1.54, 1.807) is 0 Å². The van der Waals surface area contributed by atoms with Gasteiger partial charge in [-0.15, -0.1) is 0 Å². The number of hydrogen-bond donors (Lipinski definition) is 1. The molecule has 0 saturated carbocycles. The Hall–Kier alpha value is -1.22. The quantitative estimate of drug-likeness (QED) is 0.692. The van der Waals surface area contributed by atoms with E-state index in [4.69, 9.17) is 0 Å². The van der Waals surface area contributed by atoms with Crippen molar-refractivity contribution in [3.63, 3.8) is 0 Å². The van der Waals surface area contributed by atoms with Gasteiger partial charge in [0.05, 0.1) is 0 Å². The second kappa shape index (κ2) is 7.53. The zero-order valence-corrected chi connectivity index (χ0v) is 14.6. The van der Waals surface area contributed by atoms with Gasteiger partial charge in [0.2, 0.25) is 0 Å². The van der Waals surface area contributed by atoms with Crippen molar-refractivity contribution in [1.82, 2.24) is 0 Å². The molecule has 1 N–H and O–H groups in total. The topological polar surface area (TPSA) is 23.5 Å². The number of aryl methyl sites for hydroxylation is 1. The van der Waals surface area contributed by atoms with Crippen LogP contribution in [0.4, 0.5) is 5.69 Å². The van der Waals surface area contributed by atoms with Gasteiger partial charge in [-0.05, 0) is 35.7 Å². The summed E-state index contributed by atoms with van der Waals surface area (Å²) in [7, 11) is 2.08. The minimum Gasteiger partial charge on any atom is -0.507 e. The first-order valence-corrected chi connectivity index (χ1v) is 8.60. The Bertz CT molecular complexity index is 581. The summed E-state index contributed by atoms with van der Waals surface area (Å²) >= 11 is 2.94.